The summed E-state index contributed by atoms with van der Waals surface area (Å²) in [6, 6.07) is 15.1. The molecule has 0 saturated carbocycles. The van der Waals surface area contributed by atoms with Crippen molar-refractivity contribution in [2.45, 2.75) is 65.0 Å². The van der Waals surface area contributed by atoms with Crippen molar-refractivity contribution >= 4 is 22.4 Å². The number of hydrogen-bond acceptors (Lipinski definition) is 5. The first-order chi connectivity index (χ1) is 17.2. The lowest BCUT2D eigenvalue weighted by Crippen LogP contribution is -2.33. The van der Waals surface area contributed by atoms with Gasteiger partial charge >= 0.3 is 0 Å². The van der Waals surface area contributed by atoms with E-state index < -0.39 is 0 Å². The normalized spacial score (nSPS) is 15.9. The highest BCUT2D eigenvalue weighted by Gasteiger charge is 2.22. The molecule has 1 unspecified atom stereocenters. The van der Waals surface area contributed by atoms with Crippen molar-refractivity contribution in [3.05, 3.63) is 75.8 Å². The molecule has 0 saturated heterocycles. The summed E-state index contributed by atoms with van der Waals surface area (Å²) in [5.41, 5.74) is 5.46. The molecule has 0 radical (unpaired) electrons. The van der Waals surface area contributed by atoms with E-state index in [9.17, 15) is 4.79 Å². The number of aromatic nitrogens is 4. The Kier molecular flexibility index (Phi) is 6.20. The number of benzene rings is 1. The first-order valence-electron chi connectivity index (χ1n) is 12.8. The van der Waals surface area contributed by atoms with Gasteiger partial charge in [0.1, 0.15) is 5.82 Å². The molecule has 4 aromatic rings. The second-order valence-electron chi connectivity index (χ2n) is 11.0. The Morgan fingerprint density at radius 3 is 2.64 bits per heavy atom. The van der Waals surface area contributed by atoms with Crippen molar-refractivity contribution in [3.63, 3.8) is 0 Å². The number of pyridine rings is 2. The Labute approximate surface area is 212 Å². The molecular weight excluding hydrogens is 448 g/mol. The van der Waals surface area contributed by atoms with Crippen LogP contribution >= 0.6 is 0 Å². The summed E-state index contributed by atoms with van der Waals surface area (Å²) < 4.78 is 3.65. The summed E-state index contributed by atoms with van der Waals surface area (Å²) >= 11 is 0. The first kappa shape index (κ1) is 24.3. The van der Waals surface area contributed by atoms with Crippen LogP contribution in [0.1, 0.15) is 50.9 Å². The molecule has 5 rings (SSSR count). The van der Waals surface area contributed by atoms with Gasteiger partial charge in [0.05, 0.1) is 10.9 Å². The maximum absolute atomic E-state index is 13.2. The summed E-state index contributed by atoms with van der Waals surface area (Å²) in [6.07, 6.45) is 5.04. The molecule has 1 aliphatic rings. The lowest BCUT2D eigenvalue weighted by Gasteiger charge is -2.30. The van der Waals surface area contributed by atoms with Crippen LogP contribution in [0.4, 0.5) is 11.5 Å². The van der Waals surface area contributed by atoms with Crippen LogP contribution in [0.15, 0.2) is 53.5 Å². The van der Waals surface area contributed by atoms with Gasteiger partial charge in [-0.3, -0.25) is 4.79 Å². The Hall–Kier alpha value is -3.45. The van der Waals surface area contributed by atoms with E-state index in [-0.39, 0.29) is 11.0 Å². The molecule has 7 nitrogen and oxygen atoms in total. The fourth-order valence-electron chi connectivity index (χ4n) is 5.11. The van der Waals surface area contributed by atoms with Gasteiger partial charge in [-0.05, 0) is 75.7 Å². The SMILES string of the molecule is CCn1c(=O)c2cnc(Nc3ccc4c(c3)CC(N(C)C)CC4)cc2n1-c1cccc(C(C)(C)C)n1. The van der Waals surface area contributed by atoms with Crippen molar-refractivity contribution in [2.75, 3.05) is 19.4 Å². The Bertz CT molecular complexity index is 1470. The van der Waals surface area contributed by atoms with E-state index in [1.165, 1.54) is 17.5 Å². The van der Waals surface area contributed by atoms with Crippen molar-refractivity contribution in [1.29, 1.82) is 0 Å². The lowest BCUT2D eigenvalue weighted by molar-refractivity contribution is 0.268. The molecule has 0 spiro atoms. The Morgan fingerprint density at radius 2 is 1.92 bits per heavy atom. The van der Waals surface area contributed by atoms with E-state index in [1.807, 2.05) is 35.9 Å². The molecule has 3 heterocycles. The van der Waals surface area contributed by atoms with E-state index in [0.29, 0.717) is 23.8 Å². The third-order valence-electron chi connectivity index (χ3n) is 7.25. The third kappa shape index (κ3) is 4.44. The highest BCUT2D eigenvalue weighted by Crippen LogP contribution is 2.28. The molecule has 188 valence electrons. The van der Waals surface area contributed by atoms with Crippen molar-refractivity contribution in [1.82, 2.24) is 24.2 Å². The number of fused-ring (bicyclic) bond motifs is 2. The molecule has 0 fully saturated rings. The summed E-state index contributed by atoms with van der Waals surface area (Å²) in [5, 5.41) is 4.07. The highest BCUT2D eigenvalue weighted by atomic mass is 16.1. The average Bonchev–Trinajstić information content (AvgIpc) is 3.14. The van der Waals surface area contributed by atoms with Gasteiger partial charge in [-0.25, -0.2) is 19.3 Å². The van der Waals surface area contributed by atoms with Gasteiger partial charge in [0, 0.05) is 41.6 Å². The van der Waals surface area contributed by atoms with Crippen molar-refractivity contribution in [3.8, 4) is 5.82 Å². The molecule has 36 heavy (non-hydrogen) atoms. The fraction of sp³-hybridized carbons (Fsp3) is 0.414. The standard InChI is InChI=1S/C29H36N6O/c1-7-34-28(36)23-18-30-26(17-24(23)35(34)27-10-8-9-25(32-27)29(2,3)4)31-21-13-11-19-12-14-22(33(5)6)16-20(19)15-21/h8-11,13,15,17-18,22H,7,12,14,16H2,1-6H3,(H,30,31). The van der Waals surface area contributed by atoms with Crippen LogP contribution in [-0.4, -0.2) is 44.4 Å². The fourth-order valence-corrected chi connectivity index (χ4v) is 5.11. The summed E-state index contributed by atoms with van der Waals surface area (Å²) in [4.78, 5) is 25.0. The van der Waals surface area contributed by atoms with Gasteiger partial charge < -0.3 is 10.2 Å². The van der Waals surface area contributed by atoms with Crippen LogP contribution in [0.3, 0.4) is 0 Å². The molecular formula is C29H36N6O. The minimum Gasteiger partial charge on any atom is -0.340 e. The van der Waals surface area contributed by atoms with Crippen LogP contribution in [0, 0.1) is 0 Å². The predicted molar refractivity (Wildman–Crippen MR) is 147 cm³/mol. The number of likely N-dealkylation sites (N-methyl/N-ethyl adjacent to an activating group) is 1. The molecule has 0 amide bonds. The van der Waals surface area contributed by atoms with Crippen LogP contribution in [-0.2, 0) is 24.8 Å². The maximum Gasteiger partial charge on any atom is 0.276 e. The van der Waals surface area contributed by atoms with Gasteiger partial charge in [0.15, 0.2) is 5.82 Å². The number of aryl methyl sites for hydroxylation is 1. The van der Waals surface area contributed by atoms with Gasteiger partial charge in [-0.15, -0.1) is 0 Å². The molecule has 7 heteroatoms. The Balaban J connectivity index is 1.55. The predicted octanol–water partition coefficient (Wildman–Crippen LogP) is 5.06. The monoisotopic (exact) mass is 484 g/mol. The molecule has 1 aromatic carbocycles. The van der Waals surface area contributed by atoms with Crippen molar-refractivity contribution < 1.29 is 0 Å². The average molecular weight is 485 g/mol. The molecule has 0 aliphatic heterocycles. The maximum atomic E-state index is 13.2. The molecule has 1 N–H and O–H groups in total. The number of anilines is 2. The van der Waals surface area contributed by atoms with Gasteiger partial charge in [0.2, 0.25) is 0 Å². The minimum absolute atomic E-state index is 0.0574. The van der Waals surface area contributed by atoms with Crippen LogP contribution in [0.5, 0.6) is 0 Å². The van der Waals surface area contributed by atoms with Crippen LogP contribution < -0.4 is 10.9 Å². The lowest BCUT2D eigenvalue weighted by atomic mass is 9.87. The van der Waals surface area contributed by atoms with Crippen molar-refractivity contribution in [2.24, 2.45) is 0 Å². The van der Waals surface area contributed by atoms with E-state index in [0.717, 1.165) is 35.6 Å². The molecule has 0 bridgehead atoms. The number of nitrogens with one attached hydrogen (secondary N) is 1. The molecule has 3 aromatic heterocycles. The summed E-state index contributed by atoms with van der Waals surface area (Å²) in [6.45, 7) is 8.95. The quantitative estimate of drug-likeness (QED) is 0.429. The van der Waals surface area contributed by atoms with Crippen LogP contribution in [0.2, 0.25) is 0 Å². The smallest absolute Gasteiger partial charge is 0.276 e. The topological polar surface area (TPSA) is 68.0 Å². The summed E-state index contributed by atoms with van der Waals surface area (Å²) in [7, 11) is 4.32. The zero-order chi connectivity index (χ0) is 25.6. The van der Waals surface area contributed by atoms with E-state index in [2.05, 4.69) is 68.3 Å². The zero-order valence-electron chi connectivity index (χ0n) is 22.2. The highest BCUT2D eigenvalue weighted by molar-refractivity contribution is 5.82. The molecule has 1 aliphatic carbocycles. The Morgan fingerprint density at radius 1 is 1.11 bits per heavy atom. The van der Waals surface area contributed by atoms with Gasteiger partial charge in [-0.2, -0.15) is 0 Å². The number of rotatable bonds is 5. The second kappa shape index (κ2) is 9.21. The minimum atomic E-state index is -0.0946. The third-order valence-corrected chi connectivity index (χ3v) is 7.25. The summed E-state index contributed by atoms with van der Waals surface area (Å²) in [5.74, 6) is 1.44. The van der Waals surface area contributed by atoms with Gasteiger partial charge in [0.25, 0.3) is 5.56 Å². The largest absolute Gasteiger partial charge is 0.340 e. The zero-order valence-corrected chi connectivity index (χ0v) is 22.2. The molecule has 1 atom stereocenters. The van der Waals surface area contributed by atoms with E-state index >= 15 is 0 Å². The van der Waals surface area contributed by atoms with E-state index in [4.69, 9.17) is 4.98 Å². The van der Waals surface area contributed by atoms with Gasteiger partial charge in [-0.1, -0.05) is 32.9 Å². The second-order valence-corrected chi connectivity index (χ2v) is 11.0. The number of hydrogen-bond donors (Lipinski definition) is 1. The van der Waals surface area contributed by atoms with Crippen LogP contribution in [0.25, 0.3) is 16.7 Å². The van der Waals surface area contributed by atoms with E-state index in [1.54, 1.807) is 10.9 Å². The first-order valence-corrected chi connectivity index (χ1v) is 12.8. The number of nitrogens with zero attached hydrogens (tertiary/aromatic N) is 5.